The van der Waals surface area contributed by atoms with Gasteiger partial charge in [-0.25, -0.2) is 4.98 Å². The number of ether oxygens (including phenoxy) is 1. The molecule has 1 saturated carbocycles. The Hall–Kier alpha value is -2.47. The average Bonchev–Trinajstić information content (AvgIpc) is 3.10. The van der Waals surface area contributed by atoms with Crippen molar-refractivity contribution in [1.29, 1.82) is 0 Å². The molecule has 2 aromatic heterocycles. The monoisotopic (exact) mass is 382 g/mol. The fourth-order valence-corrected chi connectivity index (χ4v) is 4.66. The number of benzene rings is 1. The number of fused-ring (bicyclic) bond motifs is 1. The van der Waals surface area contributed by atoms with Gasteiger partial charge in [-0.2, -0.15) is 0 Å². The summed E-state index contributed by atoms with van der Waals surface area (Å²) >= 11 is 1.48. The molecule has 0 aliphatic heterocycles. The summed E-state index contributed by atoms with van der Waals surface area (Å²) in [4.78, 5) is 31.1. The van der Waals surface area contributed by atoms with Gasteiger partial charge in [0.25, 0.3) is 5.56 Å². The third-order valence-electron chi connectivity index (χ3n) is 5.06. The van der Waals surface area contributed by atoms with Crippen LogP contribution >= 0.6 is 11.3 Å². The van der Waals surface area contributed by atoms with Crippen molar-refractivity contribution in [2.75, 3.05) is 0 Å². The van der Waals surface area contributed by atoms with Crippen molar-refractivity contribution in [2.45, 2.75) is 45.3 Å². The number of thiophene rings is 1. The maximum Gasteiger partial charge on any atom is 0.326 e. The Bertz CT molecular complexity index is 1010. The van der Waals surface area contributed by atoms with Crippen molar-refractivity contribution in [3.05, 3.63) is 53.1 Å². The predicted molar refractivity (Wildman–Crippen MR) is 107 cm³/mol. The Kier molecular flexibility index (Phi) is 5.07. The maximum absolute atomic E-state index is 12.8. The summed E-state index contributed by atoms with van der Waals surface area (Å²) in [7, 11) is 0. The quantitative estimate of drug-likeness (QED) is 0.633. The van der Waals surface area contributed by atoms with E-state index < -0.39 is 0 Å². The SMILES string of the molecule is CC1CCCC(OC(=O)Cn2cnc3sc(-c4ccccc4)cc3c2=O)C1. The molecule has 1 fully saturated rings. The second-order valence-corrected chi connectivity index (χ2v) is 8.29. The summed E-state index contributed by atoms with van der Waals surface area (Å²) in [6.07, 6.45) is 5.51. The minimum atomic E-state index is -0.365. The van der Waals surface area contributed by atoms with E-state index in [-0.39, 0.29) is 24.2 Å². The lowest BCUT2D eigenvalue weighted by Crippen LogP contribution is -2.30. The highest BCUT2D eigenvalue weighted by Crippen LogP contribution is 2.30. The molecule has 2 unspecified atom stereocenters. The zero-order valence-electron chi connectivity index (χ0n) is 15.3. The van der Waals surface area contributed by atoms with Crippen LogP contribution in [0.25, 0.3) is 20.7 Å². The topological polar surface area (TPSA) is 61.2 Å². The van der Waals surface area contributed by atoms with Crippen molar-refractivity contribution in [2.24, 2.45) is 5.92 Å². The van der Waals surface area contributed by atoms with E-state index in [1.165, 1.54) is 28.7 Å². The number of rotatable bonds is 4. The fourth-order valence-electron chi connectivity index (χ4n) is 3.66. The zero-order chi connectivity index (χ0) is 18.8. The summed E-state index contributed by atoms with van der Waals surface area (Å²) in [5.41, 5.74) is 0.852. The first-order valence-corrected chi connectivity index (χ1v) is 10.2. The van der Waals surface area contributed by atoms with Crippen LogP contribution in [-0.4, -0.2) is 21.6 Å². The van der Waals surface area contributed by atoms with Gasteiger partial charge in [-0.3, -0.25) is 14.2 Å². The molecule has 1 aliphatic rings. The number of nitrogens with zero attached hydrogens (tertiary/aromatic N) is 2. The van der Waals surface area contributed by atoms with Crippen LogP contribution in [-0.2, 0) is 16.1 Å². The van der Waals surface area contributed by atoms with E-state index in [1.54, 1.807) is 0 Å². The first-order chi connectivity index (χ1) is 13.1. The molecule has 0 spiro atoms. The molecule has 0 amide bonds. The van der Waals surface area contributed by atoms with E-state index in [2.05, 4.69) is 11.9 Å². The first kappa shape index (κ1) is 17.9. The normalized spacial score (nSPS) is 19.9. The van der Waals surface area contributed by atoms with Gasteiger partial charge in [0, 0.05) is 4.88 Å². The smallest absolute Gasteiger partial charge is 0.326 e. The molecular weight excluding hydrogens is 360 g/mol. The summed E-state index contributed by atoms with van der Waals surface area (Å²) in [6.45, 7) is 2.09. The zero-order valence-corrected chi connectivity index (χ0v) is 16.1. The first-order valence-electron chi connectivity index (χ1n) is 9.34. The molecule has 3 aromatic rings. The van der Waals surface area contributed by atoms with Gasteiger partial charge in [-0.1, -0.05) is 43.7 Å². The van der Waals surface area contributed by atoms with Gasteiger partial charge >= 0.3 is 5.97 Å². The van der Waals surface area contributed by atoms with Gasteiger partial charge in [0.1, 0.15) is 17.5 Å². The van der Waals surface area contributed by atoms with Gasteiger partial charge in [0.05, 0.1) is 11.7 Å². The lowest BCUT2D eigenvalue weighted by Gasteiger charge is -2.26. The molecule has 2 heterocycles. The second-order valence-electron chi connectivity index (χ2n) is 7.26. The second kappa shape index (κ2) is 7.64. The number of carbonyl (C=O) groups excluding carboxylic acids is 1. The molecule has 1 aromatic carbocycles. The largest absolute Gasteiger partial charge is 0.461 e. The van der Waals surface area contributed by atoms with Crippen molar-refractivity contribution in [1.82, 2.24) is 9.55 Å². The Balaban J connectivity index is 1.53. The molecule has 5 nitrogen and oxygen atoms in total. The molecule has 140 valence electrons. The maximum atomic E-state index is 12.8. The minimum Gasteiger partial charge on any atom is -0.461 e. The number of hydrogen-bond donors (Lipinski definition) is 0. The lowest BCUT2D eigenvalue weighted by atomic mass is 9.89. The van der Waals surface area contributed by atoms with Crippen molar-refractivity contribution >= 4 is 27.5 Å². The molecule has 6 heteroatoms. The highest BCUT2D eigenvalue weighted by molar-refractivity contribution is 7.21. The molecule has 0 bridgehead atoms. The molecule has 0 saturated heterocycles. The van der Waals surface area contributed by atoms with E-state index >= 15 is 0 Å². The summed E-state index contributed by atoms with van der Waals surface area (Å²) < 4.78 is 6.93. The van der Waals surface area contributed by atoms with Crippen LogP contribution < -0.4 is 5.56 Å². The van der Waals surface area contributed by atoms with Crippen LogP contribution in [0.4, 0.5) is 0 Å². The van der Waals surface area contributed by atoms with Crippen molar-refractivity contribution in [3.8, 4) is 10.4 Å². The van der Waals surface area contributed by atoms with Gasteiger partial charge in [0.2, 0.25) is 0 Å². The van der Waals surface area contributed by atoms with E-state index in [1.807, 2.05) is 36.4 Å². The number of carbonyl (C=O) groups is 1. The number of aromatic nitrogens is 2. The third kappa shape index (κ3) is 3.95. The van der Waals surface area contributed by atoms with Gasteiger partial charge in [-0.05, 0) is 36.8 Å². The summed E-state index contributed by atoms with van der Waals surface area (Å²) in [5, 5.41) is 0.542. The van der Waals surface area contributed by atoms with E-state index in [0.717, 1.165) is 29.7 Å². The predicted octanol–water partition coefficient (Wildman–Crippen LogP) is 4.25. The molecule has 1 aliphatic carbocycles. The molecule has 0 N–H and O–H groups in total. The summed E-state index contributed by atoms with van der Waals surface area (Å²) in [5.74, 6) is 0.218. The highest BCUT2D eigenvalue weighted by atomic mass is 32.1. The molecule has 2 atom stereocenters. The third-order valence-corrected chi connectivity index (χ3v) is 6.15. The van der Waals surface area contributed by atoms with E-state index in [9.17, 15) is 9.59 Å². The fraction of sp³-hybridized carbons (Fsp3) is 0.381. The standard InChI is InChI=1S/C21H22N2O3S/c1-14-6-5-9-16(10-14)26-19(24)12-23-13-22-20-17(21(23)25)11-18(27-20)15-7-3-2-4-8-15/h2-4,7-8,11,13-14,16H,5-6,9-10,12H2,1H3. The summed E-state index contributed by atoms with van der Waals surface area (Å²) in [6, 6.07) is 11.8. The highest BCUT2D eigenvalue weighted by Gasteiger charge is 2.22. The molecule has 27 heavy (non-hydrogen) atoms. The Morgan fingerprint density at radius 2 is 2.11 bits per heavy atom. The Labute approximate surface area is 161 Å². The van der Waals surface area contributed by atoms with Crippen LogP contribution in [0.15, 0.2) is 47.5 Å². The van der Waals surface area contributed by atoms with Crippen LogP contribution in [0.1, 0.15) is 32.6 Å². The van der Waals surface area contributed by atoms with Gasteiger partial charge < -0.3 is 4.74 Å². The van der Waals surface area contributed by atoms with Crippen LogP contribution in [0.2, 0.25) is 0 Å². The Morgan fingerprint density at radius 1 is 1.30 bits per heavy atom. The molecule has 0 radical (unpaired) electrons. The van der Waals surface area contributed by atoms with Crippen molar-refractivity contribution in [3.63, 3.8) is 0 Å². The van der Waals surface area contributed by atoms with Crippen molar-refractivity contribution < 1.29 is 9.53 Å². The van der Waals surface area contributed by atoms with Crippen LogP contribution in [0.5, 0.6) is 0 Å². The minimum absolute atomic E-state index is 0.0283. The van der Waals surface area contributed by atoms with Gasteiger partial charge in [0.15, 0.2) is 0 Å². The van der Waals surface area contributed by atoms with Crippen LogP contribution in [0.3, 0.4) is 0 Å². The number of esters is 1. The van der Waals surface area contributed by atoms with Gasteiger partial charge in [-0.15, -0.1) is 11.3 Å². The average molecular weight is 382 g/mol. The molecule has 4 rings (SSSR count). The molecular formula is C21H22N2O3S. The number of hydrogen-bond acceptors (Lipinski definition) is 5. The Morgan fingerprint density at radius 3 is 2.89 bits per heavy atom. The van der Waals surface area contributed by atoms with E-state index in [4.69, 9.17) is 4.74 Å². The lowest BCUT2D eigenvalue weighted by molar-refractivity contribution is -0.152. The van der Waals surface area contributed by atoms with E-state index in [0.29, 0.717) is 16.1 Å². The van der Waals surface area contributed by atoms with Crippen LogP contribution in [0, 0.1) is 5.92 Å².